The molecule has 0 N–H and O–H groups in total. The fourth-order valence-electron chi connectivity index (χ4n) is 2.16. The van der Waals surface area contributed by atoms with Gasteiger partial charge in [-0.1, -0.05) is 17.7 Å². The third kappa shape index (κ3) is 5.20. The lowest BCUT2D eigenvalue weighted by Gasteiger charge is -2.27. The van der Waals surface area contributed by atoms with Crippen molar-refractivity contribution in [2.75, 3.05) is 5.75 Å². The Hall–Kier alpha value is -1.57. The highest BCUT2D eigenvalue weighted by Gasteiger charge is 2.22. The van der Waals surface area contributed by atoms with Crippen LogP contribution in [0.2, 0.25) is 5.02 Å². The number of nitrogens with zero attached hydrogens (tertiary/aromatic N) is 1. The zero-order valence-corrected chi connectivity index (χ0v) is 16.6. The van der Waals surface area contributed by atoms with E-state index in [1.165, 1.54) is 24.3 Å². The van der Waals surface area contributed by atoms with E-state index >= 15 is 0 Å². The average molecular weight is 402 g/mol. The molecule has 2 aromatic rings. The van der Waals surface area contributed by atoms with Crippen molar-refractivity contribution in [2.24, 2.45) is 0 Å². The first-order valence-electron chi connectivity index (χ1n) is 7.78. The number of carbonyl (C=O) groups excluding carboxylic acids is 1. The van der Waals surface area contributed by atoms with Gasteiger partial charge in [0, 0.05) is 16.6 Å². The van der Waals surface area contributed by atoms with Crippen LogP contribution in [0.1, 0.15) is 36.0 Å². The Morgan fingerprint density at radius 1 is 1.32 bits per heavy atom. The lowest BCUT2D eigenvalue weighted by molar-refractivity contribution is 0.0695. The van der Waals surface area contributed by atoms with E-state index in [4.69, 9.17) is 15.8 Å². The second kappa shape index (κ2) is 8.21. The van der Waals surface area contributed by atoms with E-state index < -0.39 is 10.1 Å². The van der Waals surface area contributed by atoms with Gasteiger partial charge in [-0.25, -0.2) is 0 Å². The van der Waals surface area contributed by atoms with E-state index in [1.54, 1.807) is 23.1 Å². The number of rotatable bonds is 7. The van der Waals surface area contributed by atoms with Gasteiger partial charge >= 0.3 is 10.1 Å². The minimum atomic E-state index is -3.67. The van der Waals surface area contributed by atoms with Crippen LogP contribution in [-0.2, 0) is 16.7 Å². The molecule has 0 aliphatic rings. The van der Waals surface area contributed by atoms with Crippen molar-refractivity contribution in [2.45, 2.75) is 33.4 Å². The fraction of sp³-hybridized carbons (Fsp3) is 0.353. The smallest absolute Gasteiger partial charge is 0.308 e. The van der Waals surface area contributed by atoms with E-state index in [0.717, 1.165) is 0 Å². The second-order valence-electron chi connectivity index (χ2n) is 5.69. The Labute approximate surface area is 157 Å². The van der Waals surface area contributed by atoms with Crippen molar-refractivity contribution in [3.05, 3.63) is 51.2 Å². The van der Waals surface area contributed by atoms with E-state index in [-0.39, 0.29) is 30.0 Å². The average Bonchev–Trinajstić information content (AvgIpc) is 3.08. The molecule has 1 aromatic carbocycles. The van der Waals surface area contributed by atoms with E-state index in [9.17, 15) is 13.2 Å². The lowest BCUT2D eigenvalue weighted by atomic mass is 10.1. The summed E-state index contributed by atoms with van der Waals surface area (Å²) in [7, 11) is -3.67. The van der Waals surface area contributed by atoms with Crippen molar-refractivity contribution < 1.29 is 17.4 Å². The Morgan fingerprint density at radius 3 is 2.60 bits per heavy atom. The van der Waals surface area contributed by atoms with Crippen LogP contribution in [-0.4, -0.2) is 31.0 Å². The SMILES string of the molecule is CCS(=O)(=O)Oc1ccc(Cl)cc1CN(C(=O)c1cccs1)C(C)C. The summed E-state index contributed by atoms with van der Waals surface area (Å²) < 4.78 is 28.8. The van der Waals surface area contributed by atoms with Crippen LogP contribution in [0.5, 0.6) is 5.75 Å². The number of benzene rings is 1. The van der Waals surface area contributed by atoms with Gasteiger partial charge in [-0.05, 0) is 50.4 Å². The van der Waals surface area contributed by atoms with Crippen LogP contribution in [0, 0.1) is 0 Å². The minimum absolute atomic E-state index is 0.0794. The quantitative estimate of drug-likeness (QED) is 0.653. The van der Waals surface area contributed by atoms with E-state index in [1.807, 2.05) is 25.3 Å². The zero-order valence-electron chi connectivity index (χ0n) is 14.2. The summed E-state index contributed by atoms with van der Waals surface area (Å²) in [4.78, 5) is 15.0. The number of carbonyl (C=O) groups is 1. The van der Waals surface area contributed by atoms with Crippen molar-refractivity contribution in [1.82, 2.24) is 4.90 Å². The van der Waals surface area contributed by atoms with Gasteiger partial charge in [-0.3, -0.25) is 4.79 Å². The molecule has 0 saturated carbocycles. The molecule has 0 saturated heterocycles. The lowest BCUT2D eigenvalue weighted by Crippen LogP contribution is -2.36. The summed E-state index contributed by atoms with van der Waals surface area (Å²) in [5, 5.41) is 2.29. The molecule has 0 spiro atoms. The largest absolute Gasteiger partial charge is 0.382 e. The monoisotopic (exact) mass is 401 g/mol. The summed E-state index contributed by atoms with van der Waals surface area (Å²) >= 11 is 7.42. The first kappa shape index (κ1) is 19.8. The first-order valence-corrected chi connectivity index (χ1v) is 10.6. The Balaban J connectivity index is 2.35. The third-order valence-electron chi connectivity index (χ3n) is 3.55. The van der Waals surface area contributed by atoms with Gasteiger partial charge in [0.15, 0.2) is 0 Å². The van der Waals surface area contributed by atoms with Crippen LogP contribution in [0.4, 0.5) is 0 Å². The standard InChI is InChI=1S/C17H20ClNO4S2/c1-4-25(21,22)23-15-8-7-14(18)10-13(15)11-19(12(2)3)17(20)16-6-5-9-24-16/h5-10,12H,4,11H2,1-3H3. The van der Waals surface area contributed by atoms with Crippen LogP contribution in [0.3, 0.4) is 0 Å². The summed E-state index contributed by atoms with van der Waals surface area (Å²) in [6.45, 7) is 5.51. The maximum absolute atomic E-state index is 12.7. The van der Waals surface area contributed by atoms with Crippen LogP contribution < -0.4 is 4.18 Å². The maximum Gasteiger partial charge on any atom is 0.308 e. The summed E-state index contributed by atoms with van der Waals surface area (Å²) in [6, 6.07) is 8.20. The molecule has 1 heterocycles. The molecule has 0 bridgehead atoms. The maximum atomic E-state index is 12.7. The topological polar surface area (TPSA) is 63.7 Å². The first-order chi connectivity index (χ1) is 11.7. The number of hydrogen-bond acceptors (Lipinski definition) is 5. The van der Waals surface area contributed by atoms with Gasteiger partial charge in [-0.15, -0.1) is 11.3 Å². The van der Waals surface area contributed by atoms with Gasteiger partial charge in [-0.2, -0.15) is 8.42 Å². The molecule has 1 amide bonds. The van der Waals surface area contributed by atoms with Crippen LogP contribution in [0.15, 0.2) is 35.7 Å². The molecule has 0 atom stereocenters. The van der Waals surface area contributed by atoms with Crippen molar-refractivity contribution >= 4 is 39.0 Å². The molecule has 5 nitrogen and oxygen atoms in total. The van der Waals surface area contributed by atoms with Crippen molar-refractivity contribution in [1.29, 1.82) is 0 Å². The van der Waals surface area contributed by atoms with Gasteiger partial charge in [0.05, 0.1) is 17.2 Å². The third-order valence-corrected chi connectivity index (χ3v) is 5.78. The Morgan fingerprint density at radius 2 is 2.04 bits per heavy atom. The zero-order chi connectivity index (χ0) is 18.6. The molecule has 2 rings (SSSR count). The van der Waals surface area contributed by atoms with Crippen LogP contribution in [0.25, 0.3) is 0 Å². The van der Waals surface area contributed by atoms with E-state index in [0.29, 0.717) is 15.5 Å². The molecular formula is C17H20ClNO4S2. The molecule has 0 fully saturated rings. The molecule has 0 aliphatic heterocycles. The molecule has 25 heavy (non-hydrogen) atoms. The highest BCUT2D eigenvalue weighted by atomic mass is 35.5. The molecule has 136 valence electrons. The number of halogens is 1. The minimum Gasteiger partial charge on any atom is -0.382 e. The van der Waals surface area contributed by atoms with Crippen molar-refractivity contribution in [3.8, 4) is 5.75 Å². The number of amides is 1. The van der Waals surface area contributed by atoms with Crippen LogP contribution >= 0.6 is 22.9 Å². The summed E-state index contributed by atoms with van der Waals surface area (Å²) in [6.07, 6.45) is 0. The molecular weight excluding hydrogens is 382 g/mol. The molecule has 0 unspecified atom stereocenters. The van der Waals surface area contributed by atoms with Gasteiger partial charge in [0.2, 0.25) is 0 Å². The summed E-state index contributed by atoms with van der Waals surface area (Å²) in [5.74, 6) is -0.0676. The fourth-order valence-corrected chi connectivity index (χ4v) is 3.59. The van der Waals surface area contributed by atoms with E-state index in [2.05, 4.69) is 0 Å². The predicted octanol–water partition coefficient (Wildman–Crippen LogP) is 4.18. The van der Waals surface area contributed by atoms with Gasteiger partial charge < -0.3 is 9.08 Å². The Kier molecular flexibility index (Phi) is 6.48. The Bertz CT molecular complexity index is 832. The summed E-state index contributed by atoms with van der Waals surface area (Å²) in [5.41, 5.74) is 0.545. The molecule has 1 aromatic heterocycles. The highest BCUT2D eigenvalue weighted by Crippen LogP contribution is 2.27. The van der Waals surface area contributed by atoms with Gasteiger partial charge in [0.1, 0.15) is 5.75 Å². The molecule has 0 radical (unpaired) electrons. The predicted molar refractivity (Wildman–Crippen MR) is 101 cm³/mol. The van der Waals surface area contributed by atoms with Gasteiger partial charge in [0.25, 0.3) is 5.91 Å². The second-order valence-corrected chi connectivity index (χ2v) is 8.93. The molecule has 0 aliphatic carbocycles. The number of thiophene rings is 1. The molecule has 8 heteroatoms. The highest BCUT2D eigenvalue weighted by molar-refractivity contribution is 7.87. The normalized spacial score (nSPS) is 11.6. The van der Waals surface area contributed by atoms with Crippen molar-refractivity contribution in [3.63, 3.8) is 0 Å². The number of hydrogen-bond donors (Lipinski definition) is 0.